The van der Waals surface area contributed by atoms with Crippen molar-refractivity contribution in [3.05, 3.63) is 23.8 Å². The van der Waals surface area contributed by atoms with E-state index in [0.29, 0.717) is 12.0 Å². The fraction of sp³-hybridized carbons (Fsp3) is 0.500. The largest absolute Gasteiger partial charge is 0.481 e. The average molecular weight is 224 g/mol. The van der Waals surface area contributed by atoms with Gasteiger partial charge in [0.15, 0.2) is 11.4 Å². The summed E-state index contributed by atoms with van der Waals surface area (Å²) in [4.78, 5) is 22.9. The topological polar surface area (TPSA) is 74.6 Å². The fourth-order valence-corrected chi connectivity index (χ4v) is 1.89. The number of aliphatic carboxylic acids is 1. The van der Waals surface area contributed by atoms with Gasteiger partial charge in [-0.3, -0.25) is 9.59 Å². The predicted molar refractivity (Wildman–Crippen MR) is 58.9 cm³/mol. The molecule has 0 aromatic rings. The highest BCUT2D eigenvalue weighted by molar-refractivity contribution is 5.96. The molecular formula is C12H16O4. The van der Waals surface area contributed by atoms with Crippen LogP contribution in [0.1, 0.15) is 26.7 Å². The van der Waals surface area contributed by atoms with Crippen LogP contribution in [0.25, 0.3) is 0 Å². The van der Waals surface area contributed by atoms with E-state index in [1.807, 2.05) is 6.92 Å². The van der Waals surface area contributed by atoms with E-state index in [4.69, 9.17) is 5.11 Å². The molecule has 16 heavy (non-hydrogen) atoms. The second-order valence-electron chi connectivity index (χ2n) is 3.99. The number of hydrogen-bond donors (Lipinski definition) is 2. The molecule has 0 fully saturated rings. The Hall–Kier alpha value is -1.42. The molecule has 0 aliphatic heterocycles. The number of ketones is 1. The van der Waals surface area contributed by atoms with Crippen LogP contribution in [0.3, 0.4) is 0 Å². The van der Waals surface area contributed by atoms with Crippen LogP contribution in [-0.4, -0.2) is 27.6 Å². The SMILES string of the molecule is CCCC(=O)C1(O)C(C)=CC=CC1C(=O)O. The Bertz CT molecular complexity index is 367. The van der Waals surface area contributed by atoms with Crippen molar-refractivity contribution in [3.63, 3.8) is 0 Å². The molecule has 4 heteroatoms. The van der Waals surface area contributed by atoms with Crippen molar-refractivity contribution in [1.82, 2.24) is 0 Å². The quantitative estimate of drug-likeness (QED) is 0.754. The number of hydrogen-bond acceptors (Lipinski definition) is 3. The van der Waals surface area contributed by atoms with Crippen LogP contribution in [0, 0.1) is 5.92 Å². The third-order valence-corrected chi connectivity index (χ3v) is 2.87. The minimum atomic E-state index is -1.88. The minimum Gasteiger partial charge on any atom is -0.481 e. The van der Waals surface area contributed by atoms with Gasteiger partial charge in [0, 0.05) is 6.42 Å². The highest BCUT2D eigenvalue weighted by Gasteiger charge is 2.48. The Morgan fingerprint density at radius 2 is 2.12 bits per heavy atom. The van der Waals surface area contributed by atoms with Crippen LogP contribution >= 0.6 is 0 Å². The molecule has 2 N–H and O–H groups in total. The molecule has 0 radical (unpaired) electrons. The molecule has 1 aliphatic rings. The fourth-order valence-electron chi connectivity index (χ4n) is 1.89. The van der Waals surface area contributed by atoms with E-state index in [9.17, 15) is 14.7 Å². The Kier molecular flexibility index (Phi) is 3.65. The Morgan fingerprint density at radius 1 is 1.50 bits per heavy atom. The molecular weight excluding hydrogens is 208 g/mol. The van der Waals surface area contributed by atoms with E-state index in [-0.39, 0.29) is 6.42 Å². The molecule has 0 spiro atoms. The molecule has 0 heterocycles. The van der Waals surface area contributed by atoms with Gasteiger partial charge in [0.1, 0.15) is 5.92 Å². The molecule has 1 aliphatic carbocycles. The van der Waals surface area contributed by atoms with Crippen LogP contribution in [0.2, 0.25) is 0 Å². The highest BCUT2D eigenvalue weighted by Crippen LogP contribution is 2.33. The van der Waals surface area contributed by atoms with Crippen molar-refractivity contribution >= 4 is 11.8 Å². The van der Waals surface area contributed by atoms with Crippen LogP contribution < -0.4 is 0 Å². The Labute approximate surface area is 94.3 Å². The summed E-state index contributed by atoms with van der Waals surface area (Å²) in [6, 6.07) is 0. The second-order valence-corrected chi connectivity index (χ2v) is 3.99. The molecule has 0 bridgehead atoms. The van der Waals surface area contributed by atoms with Gasteiger partial charge in [-0.1, -0.05) is 25.2 Å². The number of Topliss-reactive ketones (excluding diaryl/α,β-unsaturated/α-hetero) is 1. The lowest BCUT2D eigenvalue weighted by molar-refractivity contribution is -0.154. The van der Waals surface area contributed by atoms with Crippen molar-refractivity contribution < 1.29 is 19.8 Å². The molecule has 2 unspecified atom stereocenters. The maximum atomic E-state index is 11.9. The first-order chi connectivity index (χ1) is 7.44. The average Bonchev–Trinajstić information content (AvgIpc) is 2.22. The van der Waals surface area contributed by atoms with Gasteiger partial charge in [0.25, 0.3) is 0 Å². The van der Waals surface area contributed by atoms with E-state index in [0.717, 1.165) is 0 Å². The summed E-state index contributed by atoms with van der Waals surface area (Å²) in [6.45, 7) is 3.39. The van der Waals surface area contributed by atoms with Gasteiger partial charge in [0.2, 0.25) is 0 Å². The highest BCUT2D eigenvalue weighted by atomic mass is 16.4. The number of allylic oxidation sites excluding steroid dienone is 2. The number of carboxylic acids is 1. The molecule has 0 saturated carbocycles. The third kappa shape index (κ3) is 1.93. The molecule has 0 amide bonds. The van der Waals surface area contributed by atoms with Crippen molar-refractivity contribution in [3.8, 4) is 0 Å². The van der Waals surface area contributed by atoms with E-state index in [1.54, 1.807) is 19.1 Å². The number of carbonyl (C=O) groups excluding carboxylic acids is 1. The predicted octanol–water partition coefficient (Wildman–Crippen LogP) is 1.30. The summed E-state index contributed by atoms with van der Waals surface area (Å²) in [6.07, 6.45) is 5.25. The van der Waals surface area contributed by atoms with E-state index < -0.39 is 23.3 Å². The smallest absolute Gasteiger partial charge is 0.314 e. The van der Waals surface area contributed by atoms with Crippen molar-refractivity contribution in [1.29, 1.82) is 0 Å². The summed E-state index contributed by atoms with van der Waals surface area (Å²) < 4.78 is 0. The Balaban J connectivity index is 3.13. The number of rotatable bonds is 4. The molecule has 1 rings (SSSR count). The van der Waals surface area contributed by atoms with Crippen LogP contribution in [0.5, 0.6) is 0 Å². The number of carboxylic acid groups (broad SMARTS) is 1. The molecule has 4 nitrogen and oxygen atoms in total. The monoisotopic (exact) mass is 224 g/mol. The van der Waals surface area contributed by atoms with Crippen molar-refractivity contribution in [2.45, 2.75) is 32.3 Å². The maximum absolute atomic E-state index is 11.9. The zero-order valence-electron chi connectivity index (χ0n) is 9.43. The standard InChI is InChI=1S/C12H16O4/c1-3-5-10(13)12(16)8(2)6-4-7-9(12)11(14)15/h4,6-7,9,16H,3,5H2,1-2H3,(H,14,15). The van der Waals surface area contributed by atoms with Crippen LogP contribution in [-0.2, 0) is 9.59 Å². The Morgan fingerprint density at radius 3 is 2.62 bits per heavy atom. The van der Waals surface area contributed by atoms with Gasteiger partial charge in [-0.2, -0.15) is 0 Å². The van der Waals surface area contributed by atoms with E-state index in [2.05, 4.69) is 0 Å². The lowest BCUT2D eigenvalue weighted by Gasteiger charge is -2.33. The number of aliphatic hydroxyl groups is 1. The van der Waals surface area contributed by atoms with E-state index >= 15 is 0 Å². The summed E-state index contributed by atoms with van der Waals surface area (Å²) >= 11 is 0. The van der Waals surface area contributed by atoms with Crippen molar-refractivity contribution in [2.75, 3.05) is 0 Å². The zero-order valence-corrected chi connectivity index (χ0v) is 9.43. The lowest BCUT2D eigenvalue weighted by Crippen LogP contribution is -2.50. The summed E-state index contributed by atoms with van der Waals surface area (Å²) in [5.74, 6) is -2.80. The van der Waals surface area contributed by atoms with Gasteiger partial charge < -0.3 is 10.2 Å². The van der Waals surface area contributed by atoms with Crippen LogP contribution in [0.4, 0.5) is 0 Å². The molecule has 0 saturated heterocycles. The molecule has 0 aromatic heterocycles. The van der Waals surface area contributed by atoms with Crippen molar-refractivity contribution in [2.24, 2.45) is 5.92 Å². The van der Waals surface area contributed by atoms with E-state index in [1.165, 1.54) is 6.08 Å². The normalized spacial score (nSPS) is 28.7. The minimum absolute atomic E-state index is 0.180. The van der Waals surface area contributed by atoms with Gasteiger partial charge in [-0.05, 0) is 18.9 Å². The molecule has 2 atom stereocenters. The first-order valence-electron chi connectivity index (χ1n) is 5.28. The van der Waals surface area contributed by atoms with Gasteiger partial charge >= 0.3 is 5.97 Å². The molecule has 88 valence electrons. The van der Waals surface area contributed by atoms with Gasteiger partial charge in [-0.15, -0.1) is 0 Å². The third-order valence-electron chi connectivity index (χ3n) is 2.87. The first kappa shape index (κ1) is 12.6. The van der Waals surface area contributed by atoms with Gasteiger partial charge in [0.05, 0.1) is 0 Å². The second kappa shape index (κ2) is 4.61. The number of carbonyl (C=O) groups is 2. The maximum Gasteiger partial charge on any atom is 0.314 e. The molecule has 0 aromatic carbocycles. The van der Waals surface area contributed by atoms with Gasteiger partial charge in [-0.25, -0.2) is 0 Å². The summed E-state index contributed by atoms with van der Waals surface area (Å²) in [7, 11) is 0. The van der Waals surface area contributed by atoms with Crippen LogP contribution in [0.15, 0.2) is 23.8 Å². The summed E-state index contributed by atoms with van der Waals surface area (Å²) in [5.41, 5.74) is -1.49. The first-order valence-corrected chi connectivity index (χ1v) is 5.28. The zero-order chi connectivity index (χ0) is 12.3. The summed E-state index contributed by atoms with van der Waals surface area (Å²) in [5, 5.41) is 19.3. The lowest BCUT2D eigenvalue weighted by atomic mass is 9.74.